The van der Waals surface area contributed by atoms with Crippen molar-refractivity contribution in [2.24, 2.45) is 5.92 Å². The van der Waals surface area contributed by atoms with Gasteiger partial charge in [-0.3, -0.25) is 4.79 Å². The van der Waals surface area contributed by atoms with Crippen molar-refractivity contribution < 1.29 is 4.79 Å². The van der Waals surface area contributed by atoms with E-state index in [0.717, 1.165) is 13.1 Å². The molecular formula is C9H17N2O. The van der Waals surface area contributed by atoms with Gasteiger partial charge in [0.2, 0.25) is 5.91 Å². The first-order chi connectivity index (χ1) is 5.59. The number of rotatable bonds is 2. The average molecular weight is 169 g/mol. The molecule has 0 bridgehead atoms. The minimum Gasteiger partial charge on any atom is -0.353 e. The van der Waals surface area contributed by atoms with Gasteiger partial charge < -0.3 is 10.2 Å². The molecule has 0 aromatic rings. The summed E-state index contributed by atoms with van der Waals surface area (Å²) in [6.07, 6.45) is 1.18. The van der Waals surface area contributed by atoms with Gasteiger partial charge in [-0.1, -0.05) is 0 Å². The topological polar surface area (TPSA) is 32.3 Å². The Kier molecular flexibility index (Phi) is 3.09. The van der Waals surface area contributed by atoms with Crippen LogP contribution in [0.3, 0.4) is 0 Å². The van der Waals surface area contributed by atoms with E-state index in [1.807, 2.05) is 6.92 Å². The maximum atomic E-state index is 10.7. The zero-order valence-corrected chi connectivity index (χ0v) is 7.84. The zero-order valence-electron chi connectivity index (χ0n) is 7.84. The Balaban J connectivity index is 2.32. The summed E-state index contributed by atoms with van der Waals surface area (Å²) in [5.41, 5.74) is 0. The third-order valence-electron chi connectivity index (χ3n) is 2.52. The molecule has 1 aliphatic heterocycles. The van der Waals surface area contributed by atoms with Gasteiger partial charge in [-0.15, -0.1) is 0 Å². The molecule has 3 nitrogen and oxygen atoms in total. The number of carbonyl (C=O) groups is 1. The van der Waals surface area contributed by atoms with Gasteiger partial charge in [0, 0.05) is 19.5 Å². The number of likely N-dealkylation sites (tertiary alicyclic amines) is 1. The lowest BCUT2D eigenvalue weighted by Crippen LogP contribution is -2.37. The highest BCUT2D eigenvalue weighted by molar-refractivity contribution is 5.80. The van der Waals surface area contributed by atoms with E-state index in [2.05, 4.69) is 24.2 Å². The third kappa shape index (κ3) is 2.48. The summed E-state index contributed by atoms with van der Waals surface area (Å²) in [5, 5.41) is 2.83. The SMILES string of the molecule is [CH2]C(=O)NC(C)C1CCN(C)C1. The van der Waals surface area contributed by atoms with Crippen molar-refractivity contribution >= 4 is 5.91 Å². The standard InChI is InChI=1S/C9H17N2O/c1-7(10-8(2)12)9-4-5-11(3)6-9/h7,9H,2,4-6H2,1,3H3,(H,10,12). The summed E-state index contributed by atoms with van der Waals surface area (Å²) in [6, 6.07) is 0.264. The van der Waals surface area contributed by atoms with E-state index < -0.39 is 0 Å². The summed E-state index contributed by atoms with van der Waals surface area (Å²) >= 11 is 0. The molecule has 1 heterocycles. The highest BCUT2D eigenvalue weighted by Crippen LogP contribution is 2.17. The van der Waals surface area contributed by atoms with Gasteiger partial charge in [0.05, 0.1) is 0 Å². The summed E-state index contributed by atoms with van der Waals surface area (Å²) in [6.45, 7) is 7.58. The zero-order chi connectivity index (χ0) is 9.14. The minimum atomic E-state index is -0.169. The Hall–Kier alpha value is -0.570. The van der Waals surface area contributed by atoms with Crippen LogP contribution in [-0.2, 0) is 4.79 Å². The largest absolute Gasteiger partial charge is 0.353 e. The average Bonchev–Trinajstić information content (AvgIpc) is 2.34. The van der Waals surface area contributed by atoms with E-state index in [-0.39, 0.29) is 11.9 Å². The van der Waals surface area contributed by atoms with Gasteiger partial charge in [0.25, 0.3) is 0 Å². The van der Waals surface area contributed by atoms with Gasteiger partial charge in [0.15, 0.2) is 0 Å². The Morgan fingerprint density at radius 2 is 2.42 bits per heavy atom. The molecular weight excluding hydrogens is 152 g/mol. The van der Waals surface area contributed by atoms with Gasteiger partial charge in [-0.05, 0) is 32.9 Å². The lowest BCUT2D eigenvalue weighted by atomic mass is 10.0. The van der Waals surface area contributed by atoms with Crippen LogP contribution in [0.15, 0.2) is 0 Å². The molecule has 2 atom stereocenters. The smallest absolute Gasteiger partial charge is 0.220 e. The molecule has 0 saturated carbocycles. The summed E-state index contributed by atoms with van der Waals surface area (Å²) < 4.78 is 0. The molecule has 1 N–H and O–H groups in total. The lowest BCUT2D eigenvalue weighted by Gasteiger charge is -2.19. The maximum absolute atomic E-state index is 10.7. The Labute approximate surface area is 74.1 Å². The number of hydrogen-bond acceptors (Lipinski definition) is 2. The van der Waals surface area contributed by atoms with Gasteiger partial charge >= 0.3 is 0 Å². The van der Waals surface area contributed by atoms with Crippen molar-refractivity contribution in [3.05, 3.63) is 6.92 Å². The summed E-state index contributed by atoms with van der Waals surface area (Å²) in [7, 11) is 2.11. The molecule has 1 aliphatic rings. The molecule has 69 valence electrons. The fourth-order valence-corrected chi connectivity index (χ4v) is 1.75. The first kappa shape index (κ1) is 9.52. The van der Waals surface area contributed by atoms with Crippen molar-refractivity contribution in [2.75, 3.05) is 20.1 Å². The predicted octanol–water partition coefficient (Wildman–Crippen LogP) is 0.277. The van der Waals surface area contributed by atoms with E-state index in [4.69, 9.17) is 0 Å². The highest BCUT2D eigenvalue weighted by atomic mass is 16.1. The summed E-state index contributed by atoms with van der Waals surface area (Å²) in [4.78, 5) is 12.9. The van der Waals surface area contributed by atoms with Gasteiger partial charge in [0.1, 0.15) is 0 Å². The van der Waals surface area contributed by atoms with Gasteiger partial charge in [-0.25, -0.2) is 0 Å². The molecule has 1 amide bonds. The second-order valence-electron chi connectivity index (χ2n) is 3.67. The number of carbonyl (C=O) groups excluding carboxylic acids is 1. The van der Waals surface area contributed by atoms with Crippen LogP contribution in [0.25, 0.3) is 0 Å². The molecule has 0 spiro atoms. The van der Waals surface area contributed by atoms with Crippen LogP contribution in [0.2, 0.25) is 0 Å². The molecule has 1 radical (unpaired) electrons. The van der Waals surface area contributed by atoms with Crippen molar-refractivity contribution in [3.63, 3.8) is 0 Å². The molecule has 2 unspecified atom stereocenters. The molecule has 1 fully saturated rings. The summed E-state index contributed by atoms with van der Waals surface area (Å²) in [5.74, 6) is 0.428. The second kappa shape index (κ2) is 3.90. The fraction of sp³-hybridized carbons (Fsp3) is 0.778. The molecule has 3 heteroatoms. The number of hydrogen-bond donors (Lipinski definition) is 1. The van der Waals surface area contributed by atoms with Crippen molar-refractivity contribution in [3.8, 4) is 0 Å². The highest BCUT2D eigenvalue weighted by Gasteiger charge is 2.24. The van der Waals surface area contributed by atoms with E-state index in [1.165, 1.54) is 6.42 Å². The van der Waals surface area contributed by atoms with Crippen molar-refractivity contribution in [1.29, 1.82) is 0 Å². The van der Waals surface area contributed by atoms with E-state index >= 15 is 0 Å². The quantitative estimate of drug-likeness (QED) is 0.644. The monoisotopic (exact) mass is 169 g/mol. The van der Waals surface area contributed by atoms with Crippen LogP contribution in [0.4, 0.5) is 0 Å². The van der Waals surface area contributed by atoms with Crippen LogP contribution in [-0.4, -0.2) is 37.0 Å². The first-order valence-corrected chi connectivity index (χ1v) is 4.40. The van der Waals surface area contributed by atoms with Crippen molar-refractivity contribution in [1.82, 2.24) is 10.2 Å². The molecule has 0 aromatic carbocycles. The van der Waals surface area contributed by atoms with Crippen molar-refractivity contribution in [2.45, 2.75) is 19.4 Å². The fourth-order valence-electron chi connectivity index (χ4n) is 1.75. The lowest BCUT2D eigenvalue weighted by molar-refractivity contribution is -0.117. The third-order valence-corrected chi connectivity index (χ3v) is 2.52. The normalized spacial score (nSPS) is 27.1. The number of nitrogens with one attached hydrogen (secondary N) is 1. The van der Waals surface area contributed by atoms with Crippen LogP contribution < -0.4 is 5.32 Å². The van der Waals surface area contributed by atoms with Crippen LogP contribution in [0, 0.1) is 12.8 Å². The molecule has 1 rings (SSSR count). The first-order valence-electron chi connectivity index (χ1n) is 4.40. The van der Waals surface area contributed by atoms with Gasteiger partial charge in [-0.2, -0.15) is 0 Å². The predicted molar refractivity (Wildman–Crippen MR) is 48.6 cm³/mol. The van der Waals surface area contributed by atoms with E-state index in [9.17, 15) is 4.79 Å². The second-order valence-corrected chi connectivity index (χ2v) is 3.67. The molecule has 0 aliphatic carbocycles. The Bertz CT molecular complexity index is 170. The number of nitrogens with zero attached hydrogens (tertiary/aromatic N) is 1. The molecule has 0 aromatic heterocycles. The van der Waals surface area contributed by atoms with Crippen LogP contribution >= 0.6 is 0 Å². The van der Waals surface area contributed by atoms with E-state index in [1.54, 1.807) is 0 Å². The van der Waals surface area contributed by atoms with Crippen LogP contribution in [0.5, 0.6) is 0 Å². The Morgan fingerprint density at radius 1 is 1.75 bits per heavy atom. The van der Waals surface area contributed by atoms with Crippen LogP contribution in [0.1, 0.15) is 13.3 Å². The Morgan fingerprint density at radius 3 is 2.83 bits per heavy atom. The van der Waals surface area contributed by atoms with E-state index in [0.29, 0.717) is 5.92 Å². The maximum Gasteiger partial charge on any atom is 0.220 e. The minimum absolute atomic E-state index is 0.169. The molecule has 1 saturated heterocycles. The number of amides is 1. The molecule has 12 heavy (non-hydrogen) atoms.